The zero-order chi connectivity index (χ0) is 13.3. The summed E-state index contributed by atoms with van der Waals surface area (Å²) in [5, 5.41) is 0.528. The monoisotopic (exact) mass is 268 g/mol. The average Bonchev–Trinajstić information content (AvgIpc) is 2.37. The van der Waals surface area contributed by atoms with Gasteiger partial charge >= 0.3 is 5.63 Å². The highest BCUT2D eigenvalue weighted by atomic mass is 32.2. The minimum absolute atomic E-state index is 0.147. The van der Waals surface area contributed by atoms with Crippen LogP contribution in [0.5, 0.6) is 0 Å². The van der Waals surface area contributed by atoms with Crippen molar-refractivity contribution < 1.29 is 12.8 Å². The number of sulfone groups is 1. The van der Waals surface area contributed by atoms with E-state index < -0.39 is 15.5 Å². The van der Waals surface area contributed by atoms with Crippen molar-refractivity contribution in [3.8, 4) is 0 Å². The first kappa shape index (κ1) is 12.6. The van der Waals surface area contributed by atoms with E-state index in [1.807, 2.05) is 0 Å². The predicted molar refractivity (Wildman–Crippen MR) is 68.0 cm³/mol. The van der Waals surface area contributed by atoms with Gasteiger partial charge in [0.25, 0.3) is 0 Å². The fraction of sp³-hybridized carbons (Fsp3) is 0.182. The second-order valence-electron chi connectivity index (χ2n) is 3.70. The van der Waals surface area contributed by atoms with Crippen LogP contribution in [0.25, 0.3) is 11.0 Å². The molecule has 7 heteroatoms. The van der Waals surface area contributed by atoms with Gasteiger partial charge in [-0.25, -0.2) is 13.2 Å². The number of hydrogen-bond donors (Lipinski definition) is 2. The van der Waals surface area contributed by atoms with Crippen molar-refractivity contribution in [2.45, 2.75) is 11.8 Å². The molecule has 2 aromatic rings. The van der Waals surface area contributed by atoms with Crippen molar-refractivity contribution in [3.63, 3.8) is 0 Å². The first-order valence-electron chi connectivity index (χ1n) is 5.25. The number of anilines is 1. The number of fused-ring (bicyclic) bond motifs is 1. The molecule has 0 radical (unpaired) electrons. The van der Waals surface area contributed by atoms with Crippen molar-refractivity contribution in [2.24, 2.45) is 5.84 Å². The molecule has 18 heavy (non-hydrogen) atoms. The number of rotatable bonds is 3. The molecule has 0 unspecified atom stereocenters. The Labute approximate surface area is 103 Å². The highest BCUT2D eigenvalue weighted by Gasteiger charge is 2.18. The second kappa shape index (κ2) is 4.43. The lowest BCUT2D eigenvalue weighted by molar-refractivity contribution is 0.533. The van der Waals surface area contributed by atoms with E-state index in [4.69, 9.17) is 10.3 Å². The van der Waals surface area contributed by atoms with E-state index in [-0.39, 0.29) is 16.2 Å². The normalized spacial score (nSPS) is 11.7. The van der Waals surface area contributed by atoms with E-state index in [0.717, 1.165) is 0 Å². The molecule has 0 aliphatic rings. The van der Waals surface area contributed by atoms with E-state index >= 15 is 0 Å². The smallest absolute Gasteiger partial charge is 0.355 e. The van der Waals surface area contributed by atoms with Gasteiger partial charge in [0.2, 0.25) is 0 Å². The third-order valence-electron chi connectivity index (χ3n) is 2.59. The van der Waals surface area contributed by atoms with Crippen molar-refractivity contribution in [1.82, 2.24) is 0 Å². The molecule has 1 aromatic heterocycles. The Morgan fingerprint density at radius 3 is 2.67 bits per heavy atom. The first-order valence-corrected chi connectivity index (χ1v) is 6.90. The molecule has 96 valence electrons. The van der Waals surface area contributed by atoms with Crippen LogP contribution in [0.4, 0.5) is 5.69 Å². The van der Waals surface area contributed by atoms with E-state index in [2.05, 4.69) is 5.43 Å². The number of nitrogen functional groups attached to an aromatic ring is 1. The van der Waals surface area contributed by atoms with Crippen LogP contribution in [0.2, 0.25) is 0 Å². The maximum absolute atomic E-state index is 11.7. The maximum Gasteiger partial charge on any atom is 0.355 e. The minimum Gasteiger partial charge on any atom is -0.422 e. The molecule has 0 aliphatic heterocycles. The van der Waals surface area contributed by atoms with Crippen molar-refractivity contribution in [1.29, 1.82) is 0 Å². The van der Waals surface area contributed by atoms with Crippen LogP contribution in [0.15, 0.2) is 38.4 Å². The van der Waals surface area contributed by atoms with Crippen molar-refractivity contribution in [3.05, 3.63) is 34.7 Å². The zero-order valence-corrected chi connectivity index (χ0v) is 10.5. The van der Waals surface area contributed by atoms with E-state index in [0.29, 0.717) is 11.1 Å². The highest BCUT2D eigenvalue weighted by molar-refractivity contribution is 7.91. The molecule has 0 saturated carbocycles. The number of benzene rings is 1. The maximum atomic E-state index is 11.7. The lowest BCUT2D eigenvalue weighted by atomic mass is 10.2. The Balaban J connectivity index is 2.75. The Morgan fingerprint density at radius 2 is 2.06 bits per heavy atom. The lowest BCUT2D eigenvalue weighted by Gasteiger charge is -2.04. The molecule has 2 rings (SSSR count). The lowest BCUT2D eigenvalue weighted by Crippen LogP contribution is -2.15. The van der Waals surface area contributed by atoms with E-state index in [1.165, 1.54) is 19.1 Å². The topological polar surface area (TPSA) is 102 Å². The average molecular weight is 268 g/mol. The number of nitrogens with one attached hydrogen (secondary N) is 1. The first-order chi connectivity index (χ1) is 8.47. The van der Waals surface area contributed by atoms with Gasteiger partial charge < -0.3 is 9.84 Å². The molecule has 0 bridgehead atoms. The van der Waals surface area contributed by atoms with Gasteiger partial charge in [-0.3, -0.25) is 5.84 Å². The fourth-order valence-corrected chi connectivity index (χ4v) is 2.47. The van der Waals surface area contributed by atoms with E-state index in [1.54, 1.807) is 12.1 Å². The van der Waals surface area contributed by atoms with Gasteiger partial charge in [-0.2, -0.15) is 0 Å². The fourth-order valence-electron chi connectivity index (χ4n) is 1.55. The van der Waals surface area contributed by atoms with Crippen LogP contribution in [-0.2, 0) is 9.84 Å². The molecule has 0 aliphatic carbocycles. The van der Waals surface area contributed by atoms with Crippen LogP contribution in [0, 0.1) is 0 Å². The van der Waals surface area contributed by atoms with Gasteiger partial charge in [0.05, 0.1) is 11.4 Å². The molecular formula is C11H12N2O4S. The third-order valence-corrected chi connectivity index (χ3v) is 4.30. The molecule has 0 saturated heterocycles. The summed E-state index contributed by atoms with van der Waals surface area (Å²) in [5.41, 5.74) is 2.40. The second-order valence-corrected chi connectivity index (χ2v) is 5.95. The molecule has 0 atom stereocenters. The summed E-state index contributed by atoms with van der Waals surface area (Å²) < 4.78 is 28.4. The van der Waals surface area contributed by atoms with Crippen LogP contribution in [0.1, 0.15) is 6.92 Å². The Kier molecular flexibility index (Phi) is 3.10. The third kappa shape index (κ3) is 2.09. The summed E-state index contributed by atoms with van der Waals surface area (Å²) in [6.07, 6.45) is 0. The summed E-state index contributed by atoms with van der Waals surface area (Å²) in [5.74, 6) is 5.09. The molecule has 1 aromatic carbocycles. The SMILES string of the molecule is CCS(=O)(=O)c1cc2ccc(NN)cc2oc1=O. The number of nitrogens with two attached hydrogens (primary N) is 1. The van der Waals surface area contributed by atoms with Crippen molar-refractivity contribution in [2.75, 3.05) is 11.2 Å². The Bertz CT molecular complexity index is 749. The summed E-state index contributed by atoms with van der Waals surface area (Å²) in [7, 11) is -3.58. The summed E-state index contributed by atoms with van der Waals surface area (Å²) in [4.78, 5) is 11.3. The summed E-state index contributed by atoms with van der Waals surface area (Å²) in [6, 6.07) is 6.13. The molecule has 6 nitrogen and oxygen atoms in total. The summed E-state index contributed by atoms with van der Waals surface area (Å²) >= 11 is 0. The van der Waals surface area contributed by atoms with Gasteiger partial charge in [0.15, 0.2) is 14.7 Å². The van der Waals surface area contributed by atoms with Gasteiger partial charge in [-0.05, 0) is 18.2 Å². The van der Waals surface area contributed by atoms with Gasteiger partial charge in [0, 0.05) is 11.5 Å². The molecule has 3 N–H and O–H groups in total. The zero-order valence-electron chi connectivity index (χ0n) is 9.64. The van der Waals surface area contributed by atoms with Crippen LogP contribution in [-0.4, -0.2) is 14.2 Å². The van der Waals surface area contributed by atoms with Gasteiger partial charge in [0.1, 0.15) is 5.58 Å². The van der Waals surface area contributed by atoms with Crippen LogP contribution in [0.3, 0.4) is 0 Å². The Hall–Kier alpha value is -1.86. The van der Waals surface area contributed by atoms with Gasteiger partial charge in [-0.1, -0.05) is 6.92 Å². The molecule has 0 amide bonds. The minimum atomic E-state index is -3.58. The number of hydrogen-bond acceptors (Lipinski definition) is 6. The highest BCUT2D eigenvalue weighted by Crippen LogP contribution is 2.20. The van der Waals surface area contributed by atoms with Crippen LogP contribution < -0.4 is 16.9 Å². The Morgan fingerprint density at radius 1 is 1.33 bits per heavy atom. The largest absolute Gasteiger partial charge is 0.422 e. The predicted octanol–water partition coefficient (Wildman–Crippen LogP) is 0.872. The molecule has 0 fully saturated rings. The molecular weight excluding hydrogens is 256 g/mol. The van der Waals surface area contributed by atoms with Crippen molar-refractivity contribution >= 4 is 26.5 Å². The quantitative estimate of drug-likeness (QED) is 0.486. The molecule has 0 spiro atoms. The number of hydrazine groups is 1. The van der Waals surface area contributed by atoms with Gasteiger partial charge in [-0.15, -0.1) is 0 Å². The van der Waals surface area contributed by atoms with Crippen LogP contribution >= 0.6 is 0 Å². The summed E-state index contributed by atoms with van der Waals surface area (Å²) in [6.45, 7) is 1.47. The van der Waals surface area contributed by atoms with E-state index in [9.17, 15) is 13.2 Å². The molecule has 1 heterocycles. The standard InChI is InChI=1S/C11H12N2O4S/c1-2-18(15,16)10-5-7-3-4-8(13-12)6-9(7)17-11(10)14/h3-6,13H,2,12H2,1H3.